The number of hydrogen-bond donors (Lipinski definition) is 2. The molecule has 0 fully saturated rings. The average Bonchev–Trinajstić information content (AvgIpc) is 2.09. The highest BCUT2D eigenvalue weighted by atomic mass is 16.3. The van der Waals surface area contributed by atoms with E-state index >= 15 is 0 Å². The van der Waals surface area contributed by atoms with Gasteiger partial charge >= 0.3 is 0 Å². The second kappa shape index (κ2) is 3.93. The summed E-state index contributed by atoms with van der Waals surface area (Å²) in [5.74, 6) is 0.305. The van der Waals surface area contributed by atoms with E-state index in [-0.39, 0.29) is 0 Å². The Kier molecular flexibility index (Phi) is 2.88. The van der Waals surface area contributed by atoms with Crippen LogP contribution in [-0.2, 0) is 13.0 Å². The number of allylic oxidation sites excluding steroid dienone is 1. The molecule has 0 aliphatic carbocycles. The largest absolute Gasteiger partial charge is 0.507 e. The van der Waals surface area contributed by atoms with Crippen LogP contribution < -0.4 is 5.73 Å². The van der Waals surface area contributed by atoms with Gasteiger partial charge in [0.15, 0.2) is 0 Å². The van der Waals surface area contributed by atoms with E-state index in [2.05, 4.69) is 6.58 Å². The first-order valence-electron chi connectivity index (χ1n) is 3.90. The molecule has 1 aromatic carbocycles. The topological polar surface area (TPSA) is 46.2 Å². The van der Waals surface area contributed by atoms with E-state index in [1.54, 1.807) is 6.08 Å². The van der Waals surface area contributed by atoms with E-state index < -0.39 is 0 Å². The van der Waals surface area contributed by atoms with Crippen LogP contribution in [0.2, 0.25) is 0 Å². The molecule has 3 N–H and O–H groups in total. The third kappa shape index (κ3) is 1.66. The lowest BCUT2D eigenvalue weighted by molar-refractivity contribution is 0.463. The first-order valence-corrected chi connectivity index (χ1v) is 3.90. The predicted molar refractivity (Wildman–Crippen MR) is 49.9 cm³/mol. The zero-order valence-corrected chi connectivity index (χ0v) is 6.96. The fourth-order valence-electron chi connectivity index (χ4n) is 1.13. The van der Waals surface area contributed by atoms with Crippen molar-refractivity contribution in [3.8, 4) is 5.75 Å². The third-order valence-corrected chi connectivity index (χ3v) is 1.79. The summed E-state index contributed by atoms with van der Waals surface area (Å²) in [5, 5.41) is 9.59. The Hall–Kier alpha value is -1.28. The molecule has 0 saturated heterocycles. The number of aromatic hydroxyl groups is 1. The van der Waals surface area contributed by atoms with Gasteiger partial charge in [-0.1, -0.05) is 24.3 Å². The Labute approximate surface area is 72.3 Å². The standard InChI is InChI=1S/C10H13NO/c1-2-4-8-5-3-6-9(7-11)10(8)12/h2-3,5-6,12H,1,4,7,11H2. The summed E-state index contributed by atoms with van der Waals surface area (Å²) < 4.78 is 0. The Bertz CT molecular complexity index is 281. The summed E-state index contributed by atoms with van der Waals surface area (Å²) in [4.78, 5) is 0. The summed E-state index contributed by atoms with van der Waals surface area (Å²) in [7, 11) is 0. The van der Waals surface area contributed by atoms with Crippen LogP contribution in [0.15, 0.2) is 30.9 Å². The third-order valence-electron chi connectivity index (χ3n) is 1.79. The summed E-state index contributed by atoms with van der Waals surface area (Å²) in [5.41, 5.74) is 7.10. The van der Waals surface area contributed by atoms with Crippen molar-refractivity contribution in [2.75, 3.05) is 0 Å². The molecule has 0 atom stereocenters. The highest BCUT2D eigenvalue weighted by molar-refractivity contribution is 5.41. The molecule has 0 heterocycles. The number of phenolic OH excluding ortho intramolecular Hbond substituents is 1. The molecule has 0 aliphatic heterocycles. The fraction of sp³-hybridized carbons (Fsp3) is 0.200. The predicted octanol–water partition coefficient (Wildman–Crippen LogP) is 1.58. The van der Waals surface area contributed by atoms with Gasteiger partial charge < -0.3 is 10.8 Å². The Balaban J connectivity index is 3.04. The quantitative estimate of drug-likeness (QED) is 0.664. The van der Waals surface area contributed by atoms with Crippen LogP contribution in [0, 0.1) is 0 Å². The summed E-state index contributed by atoms with van der Waals surface area (Å²) in [6.07, 6.45) is 2.44. The highest BCUT2D eigenvalue weighted by Gasteiger charge is 2.02. The van der Waals surface area contributed by atoms with Crippen molar-refractivity contribution < 1.29 is 5.11 Å². The van der Waals surface area contributed by atoms with E-state index in [4.69, 9.17) is 5.73 Å². The van der Waals surface area contributed by atoms with E-state index in [1.807, 2.05) is 18.2 Å². The van der Waals surface area contributed by atoms with Gasteiger partial charge in [0.05, 0.1) is 0 Å². The van der Waals surface area contributed by atoms with Gasteiger partial charge in [-0.3, -0.25) is 0 Å². The molecule has 0 aliphatic rings. The molecule has 12 heavy (non-hydrogen) atoms. The van der Waals surface area contributed by atoms with Gasteiger partial charge in [-0.05, 0) is 12.0 Å². The van der Waals surface area contributed by atoms with Gasteiger partial charge in [0, 0.05) is 12.1 Å². The normalized spacial score (nSPS) is 9.75. The molecule has 0 unspecified atom stereocenters. The second-order valence-electron chi connectivity index (χ2n) is 2.62. The second-order valence-corrected chi connectivity index (χ2v) is 2.62. The van der Waals surface area contributed by atoms with Crippen LogP contribution in [0.25, 0.3) is 0 Å². The van der Waals surface area contributed by atoms with Crippen LogP contribution in [0.5, 0.6) is 5.75 Å². The zero-order chi connectivity index (χ0) is 8.97. The lowest BCUT2D eigenvalue weighted by atomic mass is 10.1. The van der Waals surface area contributed by atoms with Crippen molar-refractivity contribution >= 4 is 0 Å². The highest BCUT2D eigenvalue weighted by Crippen LogP contribution is 2.22. The van der Waals surface area contributed by atoms with Gasteiger partial charge in [-0.15, -0.1) is 6.58 Å². The van der Waals surface area contributed by atoms with Crippen LogP contribution in [0.3, 0.4) is 0 Å². The zero-order valence-electron chi connectivity index (χ0n) is 6.96. The maximum absolute atomic E-state index is 9.59. The van der Waals surface area contributed by atoms with Crippen LogP contribution in [0.1, 0.15) is 11.1 Å². The first-order chi connectivity index (χ1) is 5.79. The molecule has 0 bridgehead atoms. The minimum absolute atomic E-state index is 0.305. The molecular formula is C10H13NO. The number of benzene rings is 1. The smallest absolute Gasteiger partial charge is 0.123 e. The molecule has 0 spiro atoms. The fourth-order valence-corrected chi connectivity index (χ4v) is 1.13. The number of phenols is 1. The van der Waals surface area contributed by atoms with Crippen molar-refractivity contribution in [2.24, 2.45) is 5.73 Å². The Morgan fingerprint density at radius 3 is 2.67 bits per heavy atom. The lowest BCUT2D eigenvalue weighted by Gasteiger charge is -2.05. The molecule has 0 aromatic heterocycles. The molecule has 0 amide bonds. The van der Waals surface area contributed by atoms with Crippen LogP contribution >= 0.6 is 0 Å². The monoisotopic (exact) mass is 163 g/mol. The summed E-state index contributed by atoms with van der Waals surface area (Å²) >= 11 is 0. The molecule has 64 valence electrons. The first kappa shape index (κ1) is 8.81. The van der Waals surface area contributed by atoms with Gasteiger partial charge in [0.25, 0.3) is 0 Å². The van der Waals surface area contributed by atoms with Crippen LogP contribution in [0.4, 0.5) is 0 Å². The van der Waals surface area contributed by atoms with Crippen molar-refractivity contribution in [3.05, 3.63) is 42.0 Å². The van der Waals surface area contributed by atoms with E-state index in [0.717, 1.165) is 11.1 Å². The molecule has 0 radical (unpaired) electrons. The maximum Gasteiger partial charge on any atom is 0.123 e. The van der Waals surface area contributed by atoms with Crippen molar-refractivity contribution in [3.63, 3.8) is 0 Å². The van der Waals surface area contributed by atoms with Gasteiger partial charge in [-0.2, -0.15) is 0 Å². The minimum Gasteiger partial charge on any atom is -0.507 e. The number of hydrogen-bond acceptors (Lipinski definition) is 2. The van der Waals surface area contributed by atoms with E-state index in [1.165, 1.54) is 0 Å². The molecule has 1 aromatic rings. The SMILES string of the molecule is C=CCc1cccc(CN)c1O. The summed E-state index contributed by atoms with van der Waals surface area (Å²) in [6, 6.07) is 5.58. The van der Waals surface area contributed by atoms with Crippen LogP contribution in [-0.4, -0.2) is 5.11 Å². The Morgan fingerprint density at radius 1 is 1.42 bits per heavy atom. The number of nitrogens with two attached hydrogens (primary N) is 1. The van der Waals surface area contributed by atoms with E-state index in [0.29, 0.717) is 18.7 Å². The molecule has 1 rings (SSSR count). The molecule has 0 saturated carbocycles. The van der Waals surface area contributed by atoms with Crippen molar-refractivity contribution in [2.45, 2.75) is 13.0 Å². The number of para-hydroxylation sites is 1. The van der Waals surface area contributed by atoms with Gasteiger partial charge in [-0.25, -0.2) is 0 Å². The van der Waals surface area contributed by atoms with Crippen molar-refractivity contribution in [1.82, 2.24) is 0 Å². The molecular weight excluding hydrogens is 150 g/mol. The molecule has 2 heteroatoms. The minimum atomic E-state index is 0.305. The van der Waals surface area contributed by atoms with Gasteiger partial charge in [0.1, 0.15) is 5.75 Å². The van der Waals surface area contributed by atoms with Gasteiger partial charge in [0.2, 0.25) is 0 Å². The average molecular weight is 163 g/mol. The van der Waals surface area contributed by atoms with E-state index in [9.17, 15) is 5.11 Å². The molecule has 2 nitrogen and oxygen atoms in total. The summed E-state index contributed by atoms with van der Waals surface area (Å²) in [6.45, 7) is 3.98. The van der Waals surface area contributed by atoms with Crippen molar-refractivity contribution in [1.29, 1.82) is 0 Å². The maximum atomic E-state index is 9.59. The number of rotatable bonds is 3. The Morgan fingerprint density at radius 2 is 2.08 bits per heavy atom. The lowest BCUT2D eigenvalue weighted by Crippen LogP contribution is -1.97.